The molecule has 2 aliphatic rings. The molecule has 2 atom stereocenters. The van der Waals surface area contributed by atoms with Gasteiger partial charge in [0.2, 0.25) is 17.7 Å². The number of hydrogen-bond donors (Lipinski definition) is 4. The summed E-state index contributed by atoms with van der Waals surface area (Å²) in [6, 6.07) is -1.15. The summed E-state index contributed by atoms with van der Waals surface area (Å²) in [4.78, 5) is 50.5. The van der Waals surface area contributed by atoms with Crippen LogP contribution in [-0.2, 0) is 19.2 Å². The Kier molecular flexibility index (Phi) is 11.5. The molecular weight excluding hydrogens is 412 g/mol. The Morgan fingerprint density at radius 3 is 2.53 bits per heavy atom. The monoisotopic (exact) mass is 452 g/mol. The summed E-state index contributed by atoms with van der Waals surface area (Å²) >= 11 is 0. The number of carbonyl (C=O) groups excluding carboxylic acids is 3. The standard InChI is InChI=1S/C23H40N4O5/c1-2-3-4-7-20(28)26-19(23(31)32)15-25-22(30)18-6-5-14-27(16-18)21(29)9-8-17-10-12-24-13-11-17/h17-19,24H,2-16H2,1H3,(H,25,30)(H,26,28)(H,31,32)/t18-,19+/m1/s1. The lowest BCUT2D eigenvalue weighted by Crippen LogP contribution is -2.51. The average molecular weight is 453 g/mol. The van der Waals surface area contributed by atoms with Gasteiger partial charge in [0.25, 0.3) is 0 Å². The van der Waals surface area contributed by atoms with Crippen LogP contribution in [-0.4, -0.2) is 72.5 Å². The van der Waals surface area contributed by atoms with E-state index in [0.717, 1.165) is 51.6 Å². The molecule has 182 valence electrons. The highest BCUT2D eigenvalue weighted by Crippen LogP contribution is 2.21. The molecule has 0 aromatic rings. The highest BCUT2D eigenvalue weighted by molar-refractivity contribution is 5.85. The summed E-state index contributed by atoms with van der Waals surface area (Å²) in [5.41, 5.74) is 0. The third kappa shape index (κ3) is 9.14. The lowest BCUT2D eigenvalue weighted by atomic mass is 9.92. The van der Waals surface area contributed by atoms with Gasteiger partial charge in [0, 0.05) is 32.5 Å². The van der Waals surface area contributed by atoms with Gasteiger partial charge in [0.1, 0.15) is 6.04 Å². The van der Waals surface area contributed by atoms with E-state index in [9.17, 15) is 24.3 Å². The van der Waals surface area contributed by atoms with Gasteiger partial charge in [-0.2, -0.15) is 0 Å². The molecular formula is C23H40N4O5. The largest absolute Gasteiger partial charge is 0.480 e. The van der Waals surface area contributed by atoms with Gasteiger partial charge in [-0.25, -0.2) is 4.79 Å². The van der Waals surface area contributed by atoms with Gasteiger partial charge in [-0.05, 0) is 57.5 Å². The van der Waals surface area contributed by atoms with Crippen molar-refractivity contribution in [1.82, 2.24) is 20.9 Å². The Bertz CT molecular complexity index is 636. The summed E-state index contributed by atoms with van der Waals surface area (Å²) < 4.78 is 0. The van der Waals surface area contributed by atoms with Crippen molar-refractivity contribution in [1.29, 1.82) is 0 Å². The SMILES string of the molecule is CCCCCC(=O)N[C@@H](CNC(=O)[C@@H]1CCCN(C(=O)CCC2CCNCC2)C1)C(=O)O. The molecule has 3 amide bonds. The minimum atomic E-state index is -1.17. The molecule has 0 spiro atoms. The maximum absolute atomic E-state index is 12.6. The summed E-state index contributed by atoms with van der Waals surface area (Å²) in [5.74, 6) is -1.40. The van der Waals surface area contributed by atoms with Gasteiger partial charge in [-0.1, -0.05) is 19.8 Å². The molecule has 2 aliphatic heterocycles. The number of unbranched alkanes of at least 4 members (excludes halogenated alkanes) is 2. The fourth-order valence-electron chi connectivity index (χ4n) is 4.42. The molecule has 2 rings (SSSR count). The maximum atomic E-state index is 12.6. The second kappa shape index (κ2) is 14.1. The van der Waals surface area contributed by atoms with Crippen LogP contribution in [0.3, 0.4) is 0 Å². The van der Waals surface area contributed by atoms with Crippen LogP contribution in [0.25, 0.3) is 0 Å². The van der Waals surface area contributed by atoms with Crippen LogP contribution in [0.4, 0.5) is 0 Å². The van der Waals surface area contributed by atoms with Crippen molar-refractivity contribution in [2.75, 3.05) is 32.7 Å². The molecule has 0 saturated carbocycles. The molecule has 0 unspecified atom stereocenters. The van der Waals surface area contributed by atoms with E-state index in [1.54, 1.807) is 4.90 Å². The number of hydrogen-bond acceptors (Lipinski definition) is 5. The van der Waals surface area contributed by atoms with Crippen LogP contribution in [0, 0.1) is 11.8 Å². The predicted molar refractivity (Wildman–Crippen MR) is 121 cm³/mol. The number of carboxylic acid groups (broad SMARTS) is 1. The third-order valence-corrected chi connectivity index (χ3v) is 6.49. The molecule has 0 aromatic heterocycles. The summed E-state index contributed by atoms with van der Waals surface area (Å²) in [7, 11) is 0. The van der Waals surface area contributed by atoms with Crippen LogP contribution >= 0.6 is 0 Å². The lowest BCUT2D eigenvalue weighted by molar-refractivity contribution is -0.142. The Morgan fingerprint density at radius 2 is 1.84 bits per heavy atom. The Labute approximate surface area is 191 Å². The van der Waals surface area contributed by atoms with Crippen LogP contribution in [0.1, 0.15) is 71.1 Å². The van der Waals surface area contributed by atoms with Crippen molar-refractivity contribution in [3.8, 4) is 0 Å². The number of rotatable bonds is 12. The average Bonchev–Trinajstić information content (AvgIpc) is 2.80. The van der Waals surface area contributed by atoms with Crippen LogP contribution in [0.15, 0.2) is 0 Å². The van der Waals surface area contributed by atoms with Crippen LogP contribution < -0.4 is 16.0 Å². The first kappa shape index (κ1) is 26.1. The first-order chi connectivity index (χ1) is 15.4. The van der Waals surface area contributed by atoms with E-state index in [1.165, 1.54) is 0 Å². The number of carboxylic acids is 1. The molecule has 2 fully saturated rings. The maximum Gasteiger partial charge on any atom is 0.328 e. The number of aliphatic carboxylic acids is 1. The van der Waals surface area contributed by atoms with Crippen LogP contribution in [0.2, 0.25) is 0 Å². The van der Waals surface area contributed by atoms with Gasteiger partial charge in [-0.3, -0.25) is 14.4 Å². The zero-order chi connectivity index (χ0) is 23.3. The molecule has 2 saturated heterocycles. The molecule has 0 bridgehead atoms. The van der Waals surface area contributed by atoms with E-state index < -0.39 is 12.0 Å². The molecule has 32 heavy (non-hydrogen) atoms. The van der Waals surface area contributed by atoms with E-state index in [4.69, 9.17) is 0 Å². The predicted octanol–water partition coefficient (Wildman–Crippen LogP) is 1.27. The van der Waals surface area contributed by atoms with Crippen molar-refractivity contribution < 1.29 is 24.3 Å². The smallest absolute Gasteiger partial charge is 0.328 e. The van der Waals surface area contributed by atoms with E-state index in [0.29, 0.717) is 38.3 Å². The highest BCUT2D eigenvalue weighted by Gasteiger charge is 2.30. The molecule has 0 aliphatic carbocycles. The molecule has 2 heterocycles. The molecule has 0 aromatic carbocycles. The molecule has 0 radical (unpaired) electrons. The number of nitrogens with one attached hydrogen (secondary N) is 3. The van der Waals surface area contributed by atoms with Crippen molar-refractivity contribution in [2.45, 2.75) is 77.2 Å². The van der Waals surface area contributed by atoms with Gasteiger partial charge < -0.3 is 26.0 Å². The summed E-state index contributed by atoms with van der Waals surface area (Å²) in [6.45, 7) is 4.94. The highest BCUT2D eigenvalue weighted by atomic mass is 16.4. The minimum absolute atomic E-state index is 0.101. The zero-order valence-electron chi connectivity index (χ0n) is 19.4. The first-order valence-electron chi connectivity index (χ1n) is 12.2. The molecule has 9 heteroatoms. The second-order valence-electron chi connectivity index (χ2n) is 9.07. The van der Waals surface area contributed by atoms with Crippen molar-refractivity contribution >= 4 is 23.7 Å². The summed E-state index contributed by atoms with van der Waals surface area (Å²) in [5, 5.41) is 17.9. The lowest BCUT2D eigenvalue weighted by Gasteiger charge is -2.33. The van der Waals surface area contributed by atoms with E-state index >= 15 is 0 Å². The molecule has 9 nitrogen and oxygen atoms in total. The Hall–Kier alpha value is -2.16. The summed E-state index contributed by atoms with van der Waals surface area (Å²) in [6.07, 6.45) is 7.94. The van der Waals surface area contributed by atoms with E-state index in [2.05, 4.69) is 16.0 Å². The first-order valence-corrected chi connectivity index (χ1v) is 12.2. The number of likely N-dealkylation sites (tertiary alicyclic amines) is 1. The van der Waals surface area contributed by atoms with E-state index in [-0.39, 0.29) is 36.6 Å². The number of amides is 3. The third-order valence-electron chi connectivity index (χ3n) is 6.49. The number of nitrogens with zero attached hydrogens (tertiary/aromatic N) is 1. The van der Waals surface area contributed by atoms with Gasteiger partial charge in [0.15, 0.2) is 0 Å². The minimum Gasteiger partial charge on any atom is -0.480 e. The second-order valence-corrected chi connectivity index (χ2v) is 9.07. The molecule has 4 N–H and O–H groups in total. The fourth-order valence-corrected chi connectivity index (χ4v) is 4.42. The van der Waals surface area contributed by atoms with E-state index in [1.807, 2.05) is 6.92 Å². The van der Waals surface area contributed by atoms with Gasteiger partial charge >= 0.3 is 5.97 Å². The van der Waals surface area contributed by atoms with Crippen molar-refractivity contribution in [2.24, 2.45) is 11.8 Å². The number of carbonyl (C=O) groups is 4. The van der Waals surface area contributed by atoms with Crippen molar-refractivity contribution in [3.63, 3.8) is 0 Å². The Balaban J connectivity index is 1.75. The van der Waals surface area contributed by atoms with Gasteiger partial charge in [-0.15, -0.1) is 0 Å². The quantitative estimate of drug-likeness (QED) is 0.330. The normalized spacial score (nSPS) is 20.4. The van der Waals surface area contributed by atoms with Crippen molar-refractivity contribution in [3.05, 3.63) is 0 Å². The van der Waals surface area contributed by atoms with Crippen LogP contribution in [0.5, 0.6) is 0 Å². The fraction of sp³-hybridized carbons (Fsp3) is 0.826. The zero-order valence-corrected chi connectivity index (χ0v) is 19.4. The topological polar surface area (TPSA) is 128 Å². The number of piperidine rings is 2. The van der Waals surface area contributed by atoms with Gasteiger partial charge in [0.05, 0.1) is 5.92 Å². The Morgan fingerprint density at radius 1 is 1.09 bits per heavy atom.